The minimum absolute atomic E-state index is 0.331. The van der Waals surface area contributed by atoms with E-state index in [4.69, 9.17) is 4.52 Å². The van der Waals surface area contributed by atoms with Crippen molar-refractivity contribution in [1.82, 2.24) is 15.5 Å². The highest BCUT2D eigenvalue weighted by atomic mass is 16.5. The summed E-state index contributed by atoms with van der Waals surface area (Å²) in [5.74, 6) is 2.39. The van der Waals surface area contributed by atoms with Gasteiger partial charge >= 0.3 is 0 Å². The Kier molecular flexibility index (Phi) is 2.88. The molecule has 3 rings (SSSR count). The van der Waals surface area contributed by atoms with Gasteiger partial charge in [0.25, 0.3) is 0 Å². The summed E-state index contributed by atoms with van der Waals surface area (Å²) in [5, 5.41) is 7.35. The molecule has 0 radical (unpaired) electrons. The van der Waals surface area contributed by atoms with Crippen LogP contribution in [0.1, 0.15) is 24.3 Å². The van der Waals surface area contributed by atoms with Crippen LogP contribution in [0.3, 0.4) is 0 Å². The zero-order valence-corrected chi connectivity index (χ0v) is 10.7. The summed E-state index contributed by atoms with van der Waals surface area (Å²) in [4.78, 5) is 4.52. The van der Waals surface area contributed by atoms with Crippen LogP contribution in [-0.4, -0.2) is 23.2 Å². The SMILES string of the molecule is Cc1cccc(-c2noc(C(C)C3CNC3)n2)c1. The Balaban J connectivity index is 1.84. The van der Waals surface area contributed by atoms with Gasteiger partial charge < -0.3 is 9.84 Å². The minimum Gasteiger partial charge on any atom is -0.339 e. The summed E-state index contributed by atoms with van der Waals surface area (Å²) in [6, 6.07) is 8.16. The van der Waals surface area contributed by atoms with Crippen molar-refractivity contribution in [2.45, 2.75) is 19.8 Å². The highest BCUT2D eigenvalue weighted by molar-refractivity contribution is 5.55. The third kappa shape index (κ3) is 2.04. The second-order valence-electron chi connectivity index (χ2n) is 5.03. The van der Waals surface area contributed by atoms with Crippen LogP contribution in [0, 0.1) is 12.8 Å². The molecule has 4 nitrogen and oxygen atoms in total. The molecule has 0 bridgehead atoms. The van der Waals surface area contributed by atoms with Crippen LogP contribution in [0.2, 0.25) is 0 Å². The van der Waals surface area contributed by atoms with E-state index in [1.54, 1.807) is 0 Å². The van der Waals surface area contributed by atoms with Gasteiger partial charge in [-0.25, -0.2) is 0 Å². The van der Waals surface area contributed by atoms with E-state index in [-0.39, 0.29) is 0 Å². The highest BCUT2D eigenvalue weighted by Crippen LogP contribution is 2.27. The van der Waals surface area contributed by atoms with Gasteiger partial charge in [0.2, 0.25) is 11.7 Å². The molecule has 1 aromatic heterocycles. The number of rotatable bonds is 3. The topological polar surface area (TPSA) is 51.0 Å². The van der Waals surface area contributed by atoms with Crippen molar-refractivity contribution in [1.29, 1.82) is 0 Å². The van der Waals surface area contributed by atoms with Crippen LogP contribution in [0.5, 0.6) is 0 Å². The Morgan fingerprint density at radius 2 is 2.22 bits per heavy atom. The van der Waals surface area contributed by atoms with Crippen LogP contribution >= 0.6 is 0 Å². The number of aromatic nitrogens is 2. The Bertz CT molecular complexity index is 545. The smallest absolute Gasteiger partial charge is 0.230 e. The standard InChI is InChI=1S/C14H17N3O/c1-9-4-3-5-11(6-9)13-16-14(18-17-13)10(2)12-7-15-8-12/h3-6,10,12,15H,7-8H2,1-2H3. The molecule has 1 unspecified atom stereocenters. The lowest BCUT2D eigenvalue weighted by Gasteiger charge is -2.30. The predicted molar refractivity (Wildman–Crippen MR) is 69.2 cm³/mol. The van der Waals surface area contributed by atoms with E-state index in [9.17, 15) is 0 Å². The van der Waals surface area contributed by atoms with Crippen molar-refractivity contribution in [2.75, 3.05) is 13.1 Å². The number of hydrogen-bond donors (Lipinski definition) is 1. The molecule has 1 saturated heterocycles. The van der Waals surface area contributed by atoms with Gasteiger partial charge in [0.15, 0.2) is 0 Å². The Morgan fingerprint density at radius 3 is 2.89 bits per heavy atom. The minimum atomic E-state index is 0.331. The molecule has 94 valence electrons. The van der Waals surface area contributed by atoms with E-state index in [1.807, 2.05) is 12.1 Å². The first-order chi connectivity index (χ1) is 8.74. The van der Waals surface area contributed by atoms with Crippen LogP contribution in [0.15, 0.2) is 28.8 Å². The van der Waals surface area contributed by atoms with E-state index in [1.165, 1.54) is 5.56 Å². The zero-order valence-electron chi connectivity index (χ0n) is 10.7. The molecule has 1 fully saturated rings. The fraction of sp³-hybridized carbons (Fsp3) is 0.429. The summed E-state index contributed by atoms with van der Waals surface area (Å²) >= 11 is 0. The molecule has 1 N–H and O–H groups in total. The number of benzene rings is 1. The fourth-order valence-electron chi connectivity index (χ4n) is 2.19. The van der Waals surface area contributed by atoms with Crippen molar-refractivity contribution in [3.05, 3.63) is 35.7 Å². The number of nitrogens with zero attached hydrogens (tertiary/aromatic N) is 2. The summed E-state index contributed by atoms with van der Waals surface area (Å²) in [6.45, 7) is 6.30. The molecular weight excluding hydrogens is 226 g/mol. The van der Waals surface area contributed by atoms with Crippen LogP contribution in [0.4, 0.5) is 0 Å². The summed E-state index contributed by atoms with van der Waals surface area (Å²) in [6.07, 6.45) is 0. The maximum absolute atomic E-state index is 5.39. The average Bonchev–Trinajstić information content (AvgIpc) is 2.75. The van der Waals surface area contributed by atoms with E-state index >= 15 is 0 Å². The fourth-order valence-corrected chi connectivity index (χ4v) is 2.19. The monoisotopic (exact) mass is 243 g/mol. The van der Waals surface area contributed by atoms with E-state index in [0.717, 1.165) is 24.5 Å². The Labute approximate surface area is 106 Å². The summed E-state index contributed by atoms with van der Waals surface area (Å²) in [7, 11) is 0. The van der Waals surface area contributed by atoms with Gasteiger partial charge in [0.05, 0.1) is 0 Å². The third-order valence-electron chi connectivity index (χ3n) is 3.63. The first-order valence-electron chi connectivity index (χ1n) is 6.35. The van der Waals surface area contributed by atoms with Gasteiger partial charge in [-0.1, -0.05) is 35.8 Å². The van der Waals surface area contributed by atoms with E-state index in [2.05, 4.69) is 41.4 Å². The molecule has 18 heavy (non-hydrogen) atoms. The van der Waals surface area contributed by atoms with Gasteiger partial charge in [-0.05, 0) is 32.0 Å². The molecule has 0 aliphatic carbocycles. The highest BCUT2D eigenvalue weighted by Gasteiger charge is 2.28. The van der Waals surface area contributed by atoms with Crippen molar-refractivity contribution in [2.24, 2.45) is 5.92 Å². The molecule has 2 heterocycles. The lowest BCUT2D eigenvalue weighted by Crippen LogP contribution is -2.44. The maximum atomic E-state index is 5.39. The second-order valence-corrected chi connectivity index (χ2v) is 5.03. The molecule has 1 aliphatic heterocycles. The van der Waals surface area contributed by atoms with Crippen molar-refractivity contribution in [3.8, 4) is 11.4 Å². The third-order valence-corrected chi connectivity index (χ3v) is 3.63. The Morgan fingerprint density at radius 1 is 1.39 bits per heavy atom. The number of hydrogen-bond acceptors (Lipinski definition) is 4. The van der Waals surface area contributed by atoms with E-state index in [0.29, 0.717) is 17.7 Å². The zero-order chi connectivity index (χ0) is 12.5. The normalized spacial score (nSPS) is 17.4. The van der Waals surface area contributed by atoms with Gasteiger partial charge in [0.1, 0.15) is 0 Å². The van der Waals surface area contributed by atoms with Gasteiger partial charge in [0, 0.05) is 11.5 Å². The summed E-state index contributed by atoms with van der Waals surface area (Å²) < 4.78 is 5.39. The van der Waals surface area contributed by atoms with Gasteiger partial charge in [-0.3, -0.25) is 0 Å². The predicted octanol–water partition coefficient (Wildman–Crippen LogP) is 2.37. The molecule has 0 amide bonds. The van der Waals surface area contributed by atoms with Crippen molar-refractivity contribution >= 4 is 0 Å². The molecule has 1 aliphatic rings. The molecule has 1 aromatic carbocycles. The Hall–Kier alpha value is -1.68. The average molecular weight is 243 g/mol. The van der Waals surface area contributed by atoms with Gasteiger partial charge in [-0.2, -0.15) is 4.98 Å². The van der Waals surface area contributed by atoms with Crippen molar-refractivity contribution < 1.29 is 4.52 Å². The lowest BCUT2D eigenvalue weighted by molar-refractivity contribution is 0.252. The first kappa shape index (κ1) is 11.4. The molecule has 0 saturated carbocycles. The second kappa shape index (κ2) is 4.53. The lowest BCUT2D eigenvalue weighted by atomic mass is 9.89. The first-order valence-corrected chi connectivity index (χ1v) is 6.35. The maximum Gasteiger partial charge on any atom is 0.230 e. The number of nitrogens with one attached hydrogen (secondary N) is 1. The summed E-state index contributed by atoms with van der Waals surface area (Å²) in [5.41, 5.74) is 2.22. The van der Waals surface area contributed by atoms with Crippen LogP contribution in [0.25, 0.3) is 11.4 Å². The number of aryl methyl sites for hydroxylation is 1. The molecule has 4 heteroatoms. The van der Waals surface area contributed by atoms with Gasteiger partial charge in [-0.15, -0.1) is 0 Å². The molecule has 1 atom stereocenters. The molecule has 0 spiro atoms. The van der Waals surface area contributed by atoms with E-state index < -0.39 is 0 Å². The molecular formula is C14H17N3O. The quantitative estimate of drug-likeness (QED) is 0.899. The van der Waals surface area contributed by atoms with Crippen LogP contribution < -0.4 is 5.32 Å². The largest absolute Gasteiger partial charge is 0.339 e. The van der Waals surface area contributed by atoms with Crippen molar-refractivity contribution in [3.63, 3.8) is 0 Å². The van der Waals surface area contributed by atoms with Crippen LogP contribution in [-0.2, 0) is 0 Å². The molecule has 2 aromatic rings.